The van der Waals surface area contributed by atoms with Crippen LogP contribution in [-0.2, 0) is 16.0 Å². The van der Waals surface area contributed by atoms with Crippen LogP contribution < -0.4 is 30.8 Å². The van der Waals surface area contributed by atoms with Gasteiger partial charge in [-0.15, -0.1) is 0 Å². The number of morpholine rings is 1. The SMILES string of the molecule is CN(C(=O)ON1CCc2c(-c3cnc(N)nc3)nc(N3CCOCC3)nc21)c1cccc(N2CCNCC2)c1. The predicted octanol–water partition coefficient (Wildman–Crippen LogP) is 1.31. The zero-order valence-corrected chi connectivity index (χ0v) is 21.9. The molecule has 6 rings (SSSR count). The molecule has 0 bridgehead atoms. The van der Waals surface area contributed by atoms with Gasteiger partial charge >= 0.3 is 6.09 Å². The number of carbonyl (C=O) groups is 1. The molecule has 0 saturated carbocycles. The summed E-state index contributed by atoms with van der Waals surface area (Å²) in [4.78, 5) is 43.1. The first-order chi connectivity index (χ1) is 19.1. The average Bonchev–Trinajstić information content (AvgIpc) is 3.40. The Hall–Kier alpha value is -4.23. The van der Waals surface area contributed by atoms with E-state index in [4.69, 9.17) is 25.3 Å². The topological polar surface area (TPSA) is 138 Å². The second-order valence-corrected chi connectivity index (χ2v) is 9.63. The molecule has 3 aliphatic rings. The molecule has 2 aromatic heterocycles. The number of ether oxygens (including phenoxy) is 1. The maximum atomic E-state index is 13.3. The molecule has 2 saturated heterocycles. The van der Waals surface area contributed by atoms with E-state index < -0.39 is 6.09 Å². The summed E-state index contributed by atoms with van der Waals surface area (Å²) < 4.78 is 5.51. The quantitative estimate of drug-likeness (QED) is 0.490. The zero-order valence-electron chi connectivity index (χ0n) is 21.9. The molecule has 39 heavy (non-hydrogen) atoms. The van der Waals surface area contributed by atoms with E-state index >= 15 is 0 Å². The molecule has 13 nitrogen and oxygen atoms in total. The Bertz CT molecular complexity index is 1330. The molecular formula is C26H32N10O3. The van der Waals surface area contributed by atoms with Gasteiger partial charge in [-0.25, -0.2) is 19.7 Å². The first-order valence-electron chi connectivity index (χ1n) is 13.2. The maximum Gasteiger partial charge on any atom is 0.438 e. The number of piperazine rings is 1. The van der Waals surface area contributed by atoms with Crippen molar-refractivity contribution in [2.75, 3.05) is 91.6 Å². The number of carbonyl (C=O) groups excluding carboxylic acids is 1. The number of fused-ring (bicyclic) bond motifs is 1. The van der Waals surface area contributed by atoms with E-state index in [9.17, 15) is 4.79 Å². The van der Waals surface area contributed by atoms with E-state index in [2.05, 4.69) is 31.2 Å². The molecule has 3 aromatic rings. The molecule has 0 spiro atoms. The number of hydrogen-bond donors (Lipinski definition) is 2. The Morgan fingerprint density at radius 1 is 1.05 bits per heavy atom. The maximum absolute atomic E-state index is 13.3. The zero-order chi connectivity index (χ0) is 26.8. The summed E-state index contributed by atoms with van der Waals surface area (Å²) in [6, 6.07) is 7.95. The molecule has 0 unspecified atom stereocenters. The number of nitrogens with one attached hydrogen (secondary N) is 1. The van der Waals surface area contributed by atoms with Crippen LogP contribution in [0.15, 0.2) is 36.7 Å². The van der Waals surface area contributed by atoms with Crippen LogP contribution in [0.1, 0.15) is 5.56 Å². The number of hydrogen-bond acceptors (Lipinski definition) is 12. The largest absolute Gasteiger partial charge is 0.438 e. The van der Waals surface area contributed by atoms with E-state index in [1.807, 2.05) is 18.2 Å². The highest BCUT2D eigenvalue weighted by molar-refractivity contribution is 5.88. The molecular weight excluding hydrogens is 500 g/mol. The van der Waals surface area contributed by atoms with Crippen molar-refractivity contribution >= 4 is 35.2 Å². The third-order valence-corrected chi connectivity index (χ3v) is 7.18. The van der Waals surface area contributed by atoms with E-state index in [0.717, 1.165) is 48.7 Å². The fraction of sp³-hybridized carbons (Fsp3) is 0.423. The van der Waals surface area contributed by atoms with Gasteiger partial charge in [0.15, 0.2) is 5.82 Å². The van der Waals surface area contributed by atoms with Crippen molar-refractivity contribution in [2.24, 2.45) is 0 Å². The van der Waals surface area contributed by atoms with Crippen molar-refractivity contribution in [3.05, 3.63) is 42.2 Å². The van der Waals surface area contributed by atoms with Crippen LogP contribution in [0.4, 0.5) is 33.9 Å². The van der Waals surface area contributed by atoms with Gasteiger partial charge < -0.3 is 30.4 Å². The summed E-state index contributed by atoms with van der Waals surface area (Å²) in [7, 11) is 1.71. The van der Waals surface area contributed by atoms with E-state index in [0.29, 0.717) is 56.7 Å². The second-order valence-electron chi connectivity index (χ2n) is 9.63. The highest BCUT2D eigenvalue weighted by Crippen LogP contribution is 2.36. The van der Waals surface area contributed by atoms with Gasteiger partial charge in [-0.2, -0.15) is 10.0 Å². The lowest BCUT2D eigenvalue weighted by atomic mass is 10.1. The number of benzene rings is 1. The minimum atomic E-state index is -0.496. The predicted molar refractivity (Wildman–Crippen MR) is 148 cm³/mol. The Balaban J connectivity index is 1.26. The Morgan fingerprint density at radius 2 is 1.82 bits per heavy atom. The molecule has 3 N–H and O–H groups in total. The number of aromatic nitrogens is 4. The van der Waals surface area contributed by atoms with Gasteiger partial charge in [-0.1, -0.05) is 6.07 Å². The highest BCUT2D eigenvalue weighted by atomic mass is 16.7. The van der Waals surface area contributed by atoms with Crippen molar-refractivity contribution in [1.29, 1.82) is 0 Å². The molecule has 3 aliphatic heterocycles. The van der Waals surface area contributed by atoms with Gasteiger partial charge in [0, 0.05) is 81.2 Å². The smallest absolute Gasteiger partial charge is 0.378 e. The van der Waals surface area contributed by atoms with Crippen LogP contribution in [0.2, 0.25) is 0 Å². The summed E-state index contributed by atoms with van der Waals surface area (Å²) in [5.74, 6) is 1.30. The number of hydroxylamine groups is 1. The van der Waals surface area contributed by atoms with E-state index in [-0.39, 0.29) is 5.95 Å². The molecule has 0 radical (unpaired) electrons. The van der Waals surface area contributed by atoms with E-state index in [1.165, 1.54) is 4.90 Å². The van der Waals surface area contributed by atoms with Crippen LogP contribution in [0.5, 0.6) is 0 Å². The summed E-state index contributed by atoms with van der Waals surface area (Å²) in [5, 5.41) is 4.92. The molecule has 5 heterocycles. The van der Waals surface area contributed by atoms with Crippen molar-refractivity contribution in [2.45, 2.75) is 6.42 Å². The molecule has 2 fully saturated rings. The third-order valence-electron chi connectivity index (χ3n) is 7.18. The van der Waals surface area contributed by atoms with Gasteiger partial charge in [0.2, 0.25) is 11.9 Å². The van der Waals surface area contributed by atoms with Gasteiger partial charge in [0.25, 0.3) is 0 Å². The lowest BCUT2D eigenvalue weighted by Gasteiger charge is -2.30. The average molecular weight is 533 g/mol. The standard InChI is InChI=1S/C26H32N10O3/c1-33(19-3-2-4-20(15-19)34-9-6-28-7-10-34)26(37)39-36-8-5-21-22(18-16-29-24(27)30-17-18)31-25(32-23(21)36)35-11-13-38-14-12-35/h2-4,15-17,28H,5-14H2,1H3,(H2,27,29,30). The fourth-order valence-corrected chi connectivity index (χ4v) is 4.99. The summed E-state index contributed by atoms with van der Waals surface area (Å²) in [6.45, 7) is 6.72. The van der Waals surface area contributed by atoms with Crippen LogP contribution in [0.3, 0.4) is 0 Å². The normalized spacial score (nSPS) is 17.2. The molecule has 1 aromatic carbocycles. The summed E-state index contributed by atoms with van der Waals surface area (Å²) in [6.07, 6.45) is 3.42. The minimum absolute atomic E-state index is 0.192. The number of nitrogens with zero attached hydrogens (tertiary/aromatic N) is 8. The van der Waals surface area contributed by atoms with Crippen LogP contribution in [0.25, 0.3) is 11.3 Å². The Kier molecular flexibility index (Phi) is 6.99. The van der Waals surface area contributed by atoms with Gasteiger partial charge in [0.05, 0.1) is 25.5 Å². The minimum Gasteiger partial charge on any atom is -0.378 e. The van der Waals surface area contributed by atoms with Crippen LogP contribution >= 0.6 is 0 Å². The van der Waals surface area contributed by atoms with Crippen LogP contribution in [-0.4, -0.2) is 92.1 Å². The summed E-state index contributed by atoms with van der Waals surface area (Å²) >= 11 is 0. The number of nitrogen functional groups attached to an aromatic ring is 1. The first kappa shape index (κ1) is 25.1. The second kappa shape index (κ2) is 10.9. The van der Waals surface area contributed by atoms with Crippen molar-refractivity contribution in [3.63, 3.8) is 0 Å². The number of anilines is 5. The Labute approximate surface area is 226 Å². The Morgan fingerprint density at radius 3 is 2.59 bits per heavy atom. The van der Waals surface area contributed by atoms with Crippen molar-refractivity contribution in [1.82, 2.24) is 25.3 Å². The van der Waals surface area contributed by atoms with Gasteiger partial charge in [-0.3, -0.25) is 4.90 Å². The number of amides is 1. The monoisotopic (exact) mass is 532 g/mol. The van der Waals surface area contributed by atoms with E-state index in [1.54, 1.807) is 24.5 Å². The van der Waals surface area contributed by atoms with Crippen molar-refractivity contribution in [3.8, 4) is 11.3 Å². The van der Waals surface area contributed by atoms with Gasteiger partial charge in [-0.05, 0) is 24.6 Å². The lowest BCUT2D eigenvalue weighted by Crippen LogP contribution is -2.43. The number of nitrogens with two attached hydrogens (primary N) is 1. The number of rotatable bonds is 5. The van der Waals surface area contributed by atoms with Gasteiger partial charge in [0.1, 0.15) is 0 Å². The van der Waals surface area contributed by atoms with Crippen molar-refractivity contribution < 1.29 is 14.4 Å². The lowest BCUT2D eigenvalue weighted by molar-refractivity contribution is 0.122. The molecule has 0 aliphatic carbocycles. The molecule has 204 valence electrons. The fourth-order valence-electron chi connectivity index (χ4n) is 4.99. The van der Waals surface area contributed by atoms with Crippen LogP contribution in [0, 0.1) is 0 Å². The first-order valence-corrected chi connectivity index (χ1v) is 13.2. The molecule has 13 heteroatoms. The third kappa shape index (κ3) is 5.22. The highest BCUT2D eigenvalue weighted by Gasteiger charge is 2.32. The molecule has 1 amide bonds. The molecule has 0 atom stereocenters. The summed E-state index contributed by atoms with van der Waals surface area (Å²) in [5.41, 5.74) is 9.86.